The molecule has 0 aliphatic heterocycles. The lowest BCUT2D eigenvalue weighted by molar-refractivity contribution is -0.116. The summed E-state index contributed by atoms with van der Waals surface area (Å²) in [4.78, 5) is 28.3. The van der Waals surface area contributed by atoms with Crippen LogP contribution in [0.5, 0.6) is 0 Å². The number of thioether (sulfide) groups is 1. The summed E-state index contributed by atoms with van der Waals surface area (Å²) >= 11 is 0.976. The predicted octanol–water partition coefficient (Wildman–Crippen LogP) is 5.10. The SMILES string of the molecule is CCCCCCCCNC(=O)/C=C\SC(=O)c1ccc2ccccc2n1. The van der Waals surface area contributed by atoms with Gasteiger partial charge < -0.3 is 5.32 Å². The summed E-state index contributed by atoms with van der Waals surface area (Å²) in [6.07, 6.45) is 8.57. The third kappa shape index (κ3) is 7.00. The summed E-state index contributed by atoms with van der Waals surface area (Å²) in [6, 6.07) is 11.3. The van der Waals surface area contributed by atoms with E-state index in [-0.39, 0.29) is 11.0 Å². The quantitative estimate of drug-likeness (QED) is 0.467. The molecule has 5 heteroatoms. The second-order valence-corrected chi connectivity index (χ2v) is 7.03. The molecule has 0 aliphatic carbocycles. The monoisotopic (exact) mass is 370 g/mol. The minimum absolute atomic E-state index is 0.162. The molecule has 0 atom stereocenters. The lowest BCUT2D eigenvalue weighted by Crippen LogP contribution is -2.21. The molecular weight excluding hydrogens is 344 g/mol. The van der Waals surface area contributed by atoms with Gasteiger partial charge >= 0.3 is 0 Å². The first-order chi connectivity index (χ1) is 12.7. The maximum absolute atomic E-state index is 12.2. The first-order valence-electron chi connectivity index (χ1n) is 9.22. The second kappa shape index (κ2) is 11.5. The number of pyridine rings is 1. The van der Waals surface area contributed by atoms with Gasteiger partial charge in [-0.3, -0.25) is 9.59 Å². The normalized spacial score (nSPS) is 11.1. The Kier molecular flexibility index (Phi) is 8.90. The summed E-state index contributed by atoms with van der Waals surface area (Å²) in [7, 11) is 0. The molecule has 138 valence electrons. The lowest BCUT2D eigenvalue weighted by Gasteiger charge is -2.02. The van der Waals surface area contributed by atoms with Gasteiger partial charge in [-0.15, -0.1) is 0 Å². The van der Waals surface area contributed by atoms with E-state index >= 15 is 0 Å². The molecule has 0 radical (unpaired) electrons. The highest BCUT2D eigenvalue weighted by atomic mass is 32.2. The molecule has 0 saturated heterocycles. The fourth-order valence-corrected chi connectivity index (χ4v) is 3.12. The van der Waals surface area contributed by atoms with Crippen LogP contribution in [0.2, 0.25) is 0 Å². The number of hydrogen-bond acceptors (Lipinski definition) is 4. The van der Waals surface area contributed by atoms with Gasteiger partial charge in [-0.25, -0.2) is 4.98 Å². The number of unbranched alkanes of at least 4 members (excludes halogenated alkanes) is 5. The van der Waals surface area contributed by atoms with Crippen molar-refractivity contribution in [1.82, 2.24) is 10.3 Å². The van der Waals surface area contributed by atoms with Crippen LogP contribution in [-0.4, -0.2) is 22.6 Å². The zero-order valence-corrected chi connectivity index (χ0v) is 16.1. The van der Waals surface area contributed by atoms with Gasteiger partial charge in [-0.1, -0.05) is 75.1 Å². The van der Waals surface area contributed by atoms with Crippen LogP contribution in [0.25, 0.3) is 10.9 Å². The zero-order valence-electron chi connectivity index (χ0n) is 15.2. The minimum Gasteiger partial charge on any atom is -0.353 e. The summed E-state index contributed by atoms with van der Waals surface area (Å²) in [5.41, 5.74) is 1.19. The lowest BCUT2D eigenvalue weighted by atomic mass is 10.1. The molecule has 0 saturated carbocycles. The average Bonchev–Trinajstić information content (AvgIpc) is 2.66. The molecule has 2 rings (SSSR count). The Labute approximate surface area is 159 Å². The molecule has 0 bridgehead atoms. The van der Waals surface area contributed by atoms with E-state index in [2.05, 4.69) is 17.2 Å². The van der Waals surface area contributed by atoms with Crippen LogP contribution in [0.1, 0.15) is 55.9 Å². The Bertz CT molecular complexity index is 759. The molecular formula is C21H26N2O2S. The highest BCUT2D eigenvalue weighted by Crippen LogP contribution is 2.16. The van der Waals surface area contributed by atoms with Gasteiger partial charge in [0, 0.05) is 18.0 Å². The van der Waals surface area contributed by atoms with Crippen molar-refractivity contribution in [3.05, 3.63) is 53.6 Å². The third-order valence-corrected chi connectivity index (χ3v) is 4.73. The van der Waals surface area contributed by atoms with Crippen LogP contribution >= 0.6 is 11.8 Å². The topological polar surface area (TPSA) is 59.1 Å². The van der Waals surface area contributed by atoms with Crippen LogP contribution in [0, 0.1) is 0 Å². The molecule has 4 nitrogen and oxygen atoms in total. The standard InChI is InChI=1S/C21H26N2O2S/c1-2-3-4-5-6-9-15-22-20(24)14-16-26-21(25)19-13-12-17-10-7-8-11-18(17)23-19/h7-8,10-14,16H,2-6,9,15H2,1H3,(H,22,24)/b16-14-. The predicted molar refractivity (Wildman–Crippen MR) is 109 cm³/mol. The highest BCUT2D eigenvalue weighted by Gasteiger charge is 2.07. The van der Waals surface area contributed by atoms with Crippen molar-refractivity contribution in [3.8, 4) is 0 Å². The maximum Gasteiger partial charge on any atom is 0.244 e. The van der Waals surface area contributed by atoms with Gasteiger partial charge in [0.2, 0.25) is 11.0 Å². The molecule has 2 aromatic rings. The van der Waals surface area contributed by atoms with E-state index in [1.165, 1.54) is 37.2 Å². The number of carbonyl (C=O) groups is 2. The average molecular weight is 371 g/mol. The number of benzene rings is 1. The van der Waals surface area contributed by atoms with Crippen LogP contribution in [0.3, 0.4) is 0 Å². The fraction of sp³-hybridized carbons (Fsp3) is 0.381. The number of aromatic nitrogens is 1. The third-order valence-electron chi connectivity index (χ3n) is 4.03. The van der Waals surface area contributed by atoms with Gasteiger partial charge in [0.15, 0.2) is 0 Å². The van der Waals surface area contributed by atoms with E-state index in [4.69, 9.17) is 0 Å². The Hall–Kier alpha value is -2.14. The molecule has 0 aliphatic rings. The Morgan fingerprint density at radius 3 is 2.65 bits per heavy atom. The largest absolute Gasteiger partial charge is 0.353 e. The molecule has 1 N–H and O–H groups in total. The molecule has 0 fully saturated rings. The molecule has 0 unspecified atom stereocenters. The highest BCUT2D eigenvalue weighted by molar-refractivity contribution is 8.16. The van der Waals surface area contributed by atoms with Gasteiger partial charge in [0.05, 0.1) is 5.52 Å². The van der Waals surface area contributed by atoms with Crippen molar-refractivity contribution in [2.75, 3.05) is 6.54 Å². The number of para-hydroxylation sites is 1. The van der Waals surface area contributed by atoms with E-state index in [0.29, 0.717) is 12.2 Å². The van der Waals surface area contributed by atoms with Crippen LogP contribution in [-0.2, 0) is 4.79 Å². The number of nitrogens with zero attached hydrogens (tertiary/aromatic N) is 1. The van der Waals surface area contributed by atoms with Gasteiger partial charge in [0.25, 0.3) is 0 Å². The van der Waals surface area contributed by atoms with Crippen LogP contribution < -0.4 is 5.32 Å². The van der Waals surface area contributed by atoms with E-state index in [1.807, 2.05) is 30.3 Å². The van der Waals surface area contributed by atoms with E-state index in [9.17, 15) is 9.59 Å². The molecule has 1 amide bonds. The van der Waals surface area contributed by atoms with Gasteiger partial charge in [-0.2, -0.15) is 0 Å². The molecule has 1 aromatic carbocycles. The Balaban J connectivity index is 1.69. The molecule has 1 heterocycles. The smallest absolute Gasteiger partial charge is 0.244 e. The van der Waals surface area contributed by atoms with Crippen molar-refractivity contribution >= 4 is 33.7 Å². The number of fused-ring (bicyclic) bond motifs is 1. The van der Waals surface area contributed by atoms with Crippen LogP contribution in [0.4, 0.5) is 0 Å². The number of rotatable bonds is 10. The van der Waals surface area contributed by atoms with E-state index in [0.717, 1.165) is 35.5 Å². The van der Waals surface area contributed by atoms with Crippen molar-refractivity contribution in [3.63, 3.8) is 0 Å². The maximum atomic E-state index is 12.2. The van der Waals surface area contributed by atoms with Gasteiger partial charge in [-0.05, 0) is 24.0 Å². The second-order valence-electron chi connectivity index (χ2n) is 6.16. The van der Waals surface area contributed by atoms with Gasteiger partial charge in [0.1, 0.15) is 5.69 Å². The Morgan fingerprint density at radius 2 is 1.81 bits per heavy atom. The summed E-state index contributed by atoms with van der Waals surface area (Å²) < 4.78 is 0. The number of hydrogen-bond donors (Lipinski definition) is 1. The minimum atomic E-state index is -0.171. The van der Waals surface area contributed by atoms with Crippen molar-refractivity contribution in [2.24, 2.45) is 0 Å². The first kappa shape index (κ1) is 20.2. The van der Waals surface area contributed by atoms with E-state index < -0.39 is 0 Å². The molecule has 1 aromatic heterocycles. The molecule has 0 spiro atoms. The van der Waals surface area contributed by atoms with E-state index in [1.54, 1.807) is 6.07 Å². The first-order valence-corrected chi connectivity index (χ1v) is 10.1. The van der Waals surface area contributed by atoms with Crippen molar-refractivity contribution in [2.45, 2.75) is 45.4 Å². The fourth-order valence-electron chi connectivity index (χ4n) is 2.57. The molecule has 26 heavy (non-hydrogen) atoms. The number of nitrogens with one attached hydrogen (secondary N) is 1. The zero-order chi connectivity index (χ0) is 18.6. The number of amides is 1. The summed E-state index contributed by atoms with van der Waals surface area (Å²) in [6.45, 7) is 2.88. The van der Waals surface area contributed by atoms with Crippen LogP contribution in [0.15, 0.2) is 47.9 Å². The van der Waals surface area contributed by atoms with Crippen molar-refractivity contribution < 1.29 is 9.59 Å². The number of carbonyl (C=O) groups excluding carboxylic acids is 2. The summed E-state index contributed by atoms with van der Waals surface area (Å²) in [5.74, 6) is -0.162. The Morgan fingerprint density at radius 1 is 1.04 bits per heavy atom. The summed E-state index contributed by atoms with van der Waals surface area (Å²) in [5, 5.41) is 5.20. The van der Waals surface area contributed by atoms with Crippen molar-refractivity contribution in [1.29, 1.82) is 0 Å².